The van der Waals surface area contributed by atoms with Crippen LogP contribution >= 0.6 is 0 Å². The average Bonchev–Trinajstić information content (AvgIpc) is 2.72. The molecule has 4 rings (SSSR count). The number of hydrogen-bond donors (Lipinski definition) is 1. The maximum Gasteiger partial charge on any atom is 0.239 e. The summed E-state index contributed by atoms with van der Waals surface area (Å²) in [5, 5.41) is 0. The SMILES string of the molecule is CN1C(N)=NC(C)(c2cc(C=C(F)c3cnc(OCC4CCC4)cn3)ccc2F)CS1(=O)=O. The molecule has 0 radical (unpaired) electrons. The summed E-state index contributed by atoms with van der Waals surface area (Å²) < 4.78 is 60.7. The monoisotopic (exact) mass is 477 g/mol. The summed E-state index contributed by atoms with van der Waals surface area (Å²) in [7, 11) is -2.50. The van der Waals surface area contributed by atoms with E-state index in [4.69, 9.17) is 10.5 Å². The lowest BCUT2D eigenvalue weighted by atomic mass is 9.86. The van der Waals surface area contributed by atoms with E-state index in [1.165, 1.54) is 51.0 Å². The van der Waals surface area contributed by atoms with Crippen molar-refractivity contribution in [2.24, 2.45) is 16.6 Å². The van der Waals surface area contributed by atoms with Crippen LogP contribution in [0.2, 0.25) is 0 Å². The van der Waals surface area contributed by atoms with E-state index in [1.54, 1.807) is 0 Å². The molecule has 2 heterocycles. The number of ether oxygens (including phenoxy) is 1. The van der Waals surface area contributed by atoms with Gasteiger partial charge in [0.2, 0.25) is 21.9 Å². The minimum Gasteiger partial charge on any atom is -0.476 e. The second-order valence-electron chi connectivity index (χ2n) is 8.55. The summed E-state index contributed by atoms with van der Waals surface area (Å²) in [6, 6.07) is 3.87. The van der Waals surface area contributed by atoms with Gasteiger partial charge in [-0.15, -0.1) is 0 Å². The Bertz CT molecular complexity index is 1210. The first kappa shape index (κ1) is 23.1. The van der Waals surface area contributed by atoms with Gasteiger partial charge < -0.3 is 10.5 Å². The Balaban J connectivity index is 1.57. The molecule has 33 heavy (non-hydrogen) atoms. The number of rotatable bonds is 6. The highest BCUT2D eigenvalue weighted by Crippen LogP contribution is 2.34. The van der Waals surface area contributed by atoms with Crippen LogP contribution in [0.25, 0.3) is 11.9 Å². The van der Waals surface area contributed by atoms with E-state index in [9.17, 15) is 17.2 Å². The third-order valence-electron chi connectivity index (χ3n) is 5.99. The van der Waals surface area contributed by atoms with E-state index in [0.717, 1.165) is 23.2 Å². The first-order valence-corrected chi connectivity index (χ1v) is 12.1. The molecular formula is C22H25F2N5O3S. The van der Waals surface area contributed by atoms with E-state index in [0.29, 0.717) is 24.0 Å². The first-order valence-electron chi connectivity index (χ1n) is 10.5. The van der Waals surface area contributed by atoms with Crippen molar-refractivity contribution >= 4 is 27.9 Å². The molecule has 1 aliphatic heterocycles. The van der Waals surface area contributed by atoms with E-state index >= 15 is 0 Å². The van der Waals surface area contributed by atoms with Gasteiger partial charge in [0.1, 0.15) is 17.1 Å². The van der Waals surface area contributed by atoms with Crippen LogP contribution in [0, 0.1) is 11.7 Å². The maximum absolute atomic E-state index is 14.8. The number of nitrogens with zero attached hydrogens (tertiary/aromatic N) is 4. The third kappa shape index (κ3) is 4.82. The molecule has 0 bridgehead atoms. The Morgan fingerprint density at radius 2 is 2.09 bits per heavy atom. The molecule has 2 aliphatic rings. The highest BCUT2D eigenvalue weighted by molar-refractivity contribution is 7.89. The molecule has 2 aromatic rings. The van der Waals surface area contributed by atoms with Crippen LogP contribution in [0.4, 0.5) is 8.78 Å². The van der Waals surface area contributed by atoms with Gasteiger partial charge in [-0.05, 0) is 49.5 Å². The standard InChI is InChI=1S/C22H25F2N5O3S/c1-22(13-33(30,31)29(2)21(25)28-22)16-8-15(6-7-17(16)23)9-18(24)19-10-27-20(11-26-19)32-12-14-4-3-5-14/h6-11,14H,3-5,12-13H2,1-2H3,(H2,25,28). The number of guanidine groups is 1. The quantitative estimate of drug-likeness (QED) is 0.685. The van der Waals surface area contributed by atoms with Crippen LogP contribution in [0.5, 0.6) is 5.88 Å². The number of halogens is 2. The van der Waals surface area contributed by atoms with Crippen molar-refractivity contribution in [3.8, 4) is 5.88 Å². The van der Waals surface area contributed by atoms with Crippen LogP contribution in [0.1, 0.15) is 43.0 Å². The number of sulfonamides is 1. The molecule has 176 valence electrons. The molecule has 11 heteroatoms. The Morgan fingerprint density at radius 1 is 1.33 bits per heavy atom. The fourth-order valence-electron chi connectivity index (χ4n) is 3.73. The molecule has 1 atom stereocenters. The van der Waals surface area contributed by atoms with E-state index in [2.05, 4.69) is 15.0 Å². The van der Waals surface area contributed by atoms with Crippen molar-refractivity contribution in [1.82, 2.24) is 14.3 Å². The Kier molecular flexibility index (Phi) is 6.08. The second kappa shape index (κ2) is 8.69. The van der Waals surface area contributed by atoms with Crippen LogP contribution < -0.4 is 10.5 Å². The van der Waals surface area contributed by atoms with Crippen LogP contribution in [-0.4, -0.2) is 48.1 Å². The average molecular weight is 478 g/mol. The molecule has 2 N–H and O–H groups in total. The lowest BCUT2D eigenvalue weighted by molar-refractivity contribution is 0.175. The Hall–Kier alpha value is -3.08. The smallest absolute Gasteiger partial charge is 0.239 e. The largest absolute Gasteiger partial charge is 0.476 e. The molecule has 1 unspecified atom stereocenters. The van der Waals surface area contributed by atoms with Gasteiger partial charge in [-0.1, -0.05) is 12.5 Å². The number of aliphatic imine (C=N–C) groups is 1. The van der Waals surface area contributed by atoms with Crippen LogP contribution in [0.3, 0.4) is 0 Å². The maximum atomic E-state index is 14.8. The van der Waals surface area contributed by atoms with Gasteiger partial charge in [0.25, 0.3) is 0 Å². The summed E-state index contributed by atoms with van der Waals surface area (Å²) in [5.41, 5.74) is 4.59. The van der Waals surface area contributed by atoms with E-state index in [-0.39, 0.29) is 17.2 Å². The minimum atomic E-state index is -3.78. The van der Waals surface area contributed by atoms with Crippen molar-refractivity contribution in [3.05, 3.63) is 53.2 Å². The van der Waals surface area contributed by atoms with Gasteiger partial charge in [-0.3, -0.25) is 0 Å². The minimum absolute atomic E-state index is 0.00509. The zero-order valence-corrected chi connectivity index (χ0v) is 19.1. The van der Waals surface area contributed by atoms with Crippen LogP contribution in [-0.2, 0) is 15.6 Å². The van der Waals surface area contributed by atoms with Gasteiger partial charge in [-0.2, -0.15) is 0 Å². The summed E-state index contributed by atoms with van der Waals surface area (Å²) in [4.78, 5) is 12.3. The molecule has 1 fully saturated rings. The molecule has 1 aromatic heterocycles. The molecule has 0 amide bonds. The highest BCUT2D eigenvalue weighted by atomic mass is 32.2. The second-order valence-corrected chi connectivity index (χ2v) is 10.5. The molecule has 0 spiro atoms. The zero-order chi connectivity index (χ0) is 23.8. The van der Waals surface area contributed by atoms with Crippen molar-refractivity contribution in [3.63, 3.8) is 0 Å². The summed E-state index contributed by atoms with van der Waals surface area (Å²) in [6.07, 6.45) is 7.29. The lowest BCUT2D eigenvalue weighted by Crippen LogP contribution is -2.50. The summed E-state index contributed by atoms with van der Waals surface area (Å²) in [6.45, 7) is 2.04. The van der Waals surface area contributed by atoms with Gasteiger partial charge in [-0.25, -0.2) is 36.5 Å². The molecule has 1 saturated carbocycles. The zero-order valence-electron chi connectivity index (χ0n) is 18.3. The number of benzene rings is 1. The number of nitrogens with two attached hydrogens (primary N) is 1. The highest BCUT2D eigenvalue weighted by Gasteiger charge is 2.41. The Labute approximate surface area is 191 Å². The van der Waals surface area contributed by atoms with Crippen molar-refractivity contribution in [2.45, 2.75) is 31.7 Å². The fourth-order valence-corrected chi connectivity index (χ4v) is 5.18. The molecule has 1 aliphatic carbocycles. The normalized spacial score (nSPS) is 23.1. The topological polar surface area (TPSA) is 111 Å². The molecular weight excluding hydrogens is 452 g/mol. The Morgan fingerprint density at radius 3 is 2.70 bits per heavy atom. The third-order valence-corrected chi connectivity index (χ3v) is 7.94. The molecule has 1 aromatic carbocycles. The van der Waals surface area contributed by atoms with Gasteiger partial charge in [0.05, 0.1) is 24.8 Å². The summed E-state index contributed by atoms with van der Waals surface area (Å²) >= 11 is 0. The number of aromatic nitrogens is 2. The van der Waals surface area contributed by atoms with E-state index in [1.807, 2.05) is 0 Å². The van der Waals surface area contributed by atoms with Crippen LogP contribution in [0.15, 0.2) is 35.6 Å². The number of hydrogen-bond acceptors (Lipinski definition) is 7. The predicted octanol–water partition coefficient (Wildman–Crippen LogP) is 3.07. The van der Waals surface area contributed by atoms with Gasteiger partial charge in [0, 0.05) is 12.6 Å². The summed E-state index contributed by atoms with van der Waals surface area (Å²) in [5.74, 6) is -1.21. The fraction of sp³-hybridized carbons (Fsp3) is 0.409. The van der Waals surface area contributed by atoms with Crippen molar-refractivity contribution in [2.75, 3.05) is 19.4 Å². The lowest BCUT2D eigenvalue weighted by Gasteiger charge is -2.34. The first-order chi connectivity index (χ1) is 15.6. The molecule has 0 saturated heterocycles. The van der Waals surface area contributed by atoms with Gasteiger partial charge >= 0.3 is 0 Å². The van der Waals surface area contributed by atoms with Gasteiger partial charge in [0.15, 0.2) is 5.83 Å². The van der Waals surface area contributed by atoms with E-state index < -0.39 is 33.0 Å². The van der Waals surface area contributed by atoms with Crippen molar-refractivity contribution < 1.29 is 21.9 Å². The van der Waals surface area contributed by atoms with Crippen molar-refractivity contribution in [1.29, 1.82) is 0 Å². The predicted molar refractivity (Wildman–Crippen MR) is 121 cm³/mol. The molecule has 8 nitrogen and oxygen atoms in total.